The Labute approximate surface area is 229 Å². The van der Waals surface area contributed by atoms with Gasteiger partial charge in [-0.2, -0.15) is 0 Å². The minimum atomic E-state index is -1.52. The summed E-state index contributed by atoms with van der Waals surface area (Å²) in [5, 5.41) is 23.9. The summed E-state index contributed by atoms with van der Waals surface area (Å²) < 4.78 is 0. The molecular weight excluding hydrogens is 524 g/mol. The number of hydrogen-bond donors (Lipinski definition) is 7. The average Bonchev–Trinajstić information content (AvgIpc) is 3.55. The van der Waals surface area contributed by atoms with Crippen LogP contribution < -0.4 is 22.1 Å². The average molecular weight is 559 g/mol. The van der Waals surface area contributed by atoms with Gasteiger partial charge in [-0.05, 0) is 43.7 Å². The summed E-state index contributed by atoms with van der Waals surface area (Å²) in [6, 6.07) is 2.87. The van der Waals surface area contributed by atoms with Crippen LogP contribution in [0.1, 0.15) is 44.1 Å². The van der Waals surface area contributed by atoms with Gasteiger partial charge in [-0.3, -0.25) is 24.0 Å². The number of amides is 4. The highest BCUT2D eigenvalue weighted by Gasteiger charge is 2.38. The molecule has 0 bridgehead atoms. The molecule has 1 fully saturated rings. The van der Waals surface area contributed by atoms with Crippen LogP contribution in [0, 0.1) is 0 Å². The number of nitrogens with two attached hydrogens (primary N) is 2. The van der Waals surface area contributed by atoms with E-state index < -0.39 is 66.2 Å². The fourth-order valence-corrected chi connectivity index (χ4v) is 4.76. The zero-order chi connectivity index (χ0) is 29.4. The molecule has 1 aromatic heterocycles. The van der Waals surface area contributed by atoms with E-state index in [-0.39, 0.29) is 32.2 Å². The zero-order valence-corrected chi connectivity index (χ0v) is 21.8. The third-order valence-electron chi connectivity index (χ3n) is 6.84. The van der Waals surface area contributed by atoms with Crippen LogP contribution in [0.3, 0.4) is 0 Å². The molecule has 14 nitrogen and oxygen atoms in total. The number of primary amides is 1. The Balaban J connectivity index is 1.68. The molecule has 4 unspecified atom stereocenters. The number of H-pyrrole nitrogens is 1. The highest BCUT2D eigenvalue weighted by Crippen LogP contribution is 2.22. The Morgan fingerprint density at radius 3 is 2.40 bits per heavy atom. The van der Waals surface area contributed by atoms with Crippen molar-refractivity contribution >= 4 is 46.5 Å². The second kappa shape index (κ2) is 13.6. The SMILES string of the molecule is NC(=O)CCC(NC(=O)C1CCCN1C(=O)C(N)Cc1c[nH]c2ccccc12)C(=O)NC(CCC(=O)O)C(=O)O. The Morgan fingerprint density at radius 1 is 1.02 bits per heavy atom. The van der Waals surface area contributed by atoms with Crippen LogP contribution >= 0.6 is 0 Å². The molecule has 1 saturated heterocycles. The number of rotatable bonds is 14. The summed E-state index contributed by atoms with van der Waals surface area (Å²) in [6.07, 6.45) is 1.47. The highest BCUT2D eigenvalue weighted by atomic mass is 16.4. The second-order valence-electron chi connectivity index (χ2n) is 9.76. The van der Waals surface area contributed by atoms with Gasteiger partial charge in [0.15, 0.2) is 0 Å². The molecule has 40 heavy (non-hydrogen) atoms. The number of nitrogens with zero attached hydrogens (tertiary/aromatic N) is 1. The molecule has 2 heterocycles. The molecule has 0 aliphatic carbocycles. The van der Waals surface area contributed by atoms with E-state index in [1.54, 1.807) is 6.20 Å². The molecular formula is C26H34N6O8. The van der Waals surface area contributed by atoms with E-state index in [0.29, 0.717) is 12.8 Å². The number of carbonyl (C=O) groups excluding carboxylic acids is 4. The number of likely N-dealkylation sites (tertiary alicyclic amines) is 1. The van der Waals surface area contributed by atoms with Crippen molar-refractivity contribution in [2.75, 3.05) is 6.54 Å². The maximum atomic E-state index is 13.3. The van der Waals surface area contributed by atoms with Crippen LogP contribution in [-0.2, 0) is 35.2 Å². The standard InChI is InChI=1S/C26H34N6O8/c27-16(12-14-13-29-17-5-2-1-4-15(14)17)25(38)32-11-3-6-20(32)24(37)30-18(7-9-21(28)33)23(36)31-19(26(39)40)8-10-22(34)35/h1-2,4-5,13,16,18-20,29H,3,6-12,27H2,(H2,28,33)(H,30,37)(H,31,36)(H,34,35)(H,39,40). The number of nitrogens with one attached hydrogen (secondary N) is 3. The normalized spacial score (nSPS) is 17.1. The first-order chi connectivity index (χ1) is 19.0. The molecule has 3 rings (SSSR count). The van der Waals surface area contributed by atoms with Gasteiger partial charge < -0.3 is 42.2 Å². The predicted molar refractivity (Wildman–Crippen MR) is 142 cm³/mol. The minimum absolute atomic E-state index is 0.223. The number of carboxylic acid groups (broad SMARTS) is 2. The van der Waals surface area contributed by atoms with Crippen LogP contribution in [0.5, 0.6) is 0 Å². The van der Waals surface area contributed by atoms with Crippen molar-refractivity contribution in [2.24, 2.45) is 11.5 Å². The third-order valence-corrected chi connectivity index (χ3v) is 6.84. The van der Waals surface area contributed by atoms with Gasteiger partial charge >= 0.3 is 11.9 Å². The monoisotopic (exact) mass is 558 g/mol. The summed E-state index contributed by atoms with van der Waals surface area (Å²) in [7, 11) is 0. The Morgan fingerprint density at radius 2 is 1.73 bits per heavy atom. The zero-order valence-electron chi connectivity index (χ0n) is 21.8. The van der Waals surface area contributed by atoms with E-state index in [9.17, 15) is 33.9 Å². The molecule has 2 aromatic rings. The summed E-state index contributed by atoms with van der Waals surface area (Å²) in [5.41, 5.74) is 13.2. The molecule has 1 aromatic carbocycles. The lowest BCUT2D eigenvalue weighted by Gasteiger charge is -2.28. The number of benzene rings is 1. The molecule has 0 saturated carbocycles. The molecule has 4 atom stereocenters. The number of para-hydroxylation sites is 1. The van der Waals surface area contributed by atoms with Gasteiger partial charge in [0.25, 0.3) is 0 Å². The van der Waals surface area contributed by atoms with E-state index in [4.69, 9.17) is 16.6 Å². The summed E-state index contributed by atoms with van der Waals surface area (Å²) in [6.45, 7) is 0.285. The topological polar surface area (TPSA) is 238 Å². The number of carbonyl (C=O) groups is 6. The van der Waals surface area contributed by atoms with E-state index in [0.717, 1.165) is 16.5 Å². The van der Waals surface area contributed by atoms with Gasteiger partial charge in [-0.15, -0.1) is 0 Å². The first-order valence-electron chi connectivity index (χ1n) is 12.9. The summed E-state index contributed by atoms with van der Waals surface area (Å²) in [4.78, 5) is 77.6. The first-order valence-corrected chi connectivity index (χ1v) is 12.9. The van der Waals surface area contributed by atoms with Crippen molar-refractivity contribution in [1.82, 2.24) is 20.5 Å². The number of aromatic amines is 1. The predicted octanol–water partition coefficient (Wildman–Crippen LogP) is -0.787. The van der Waals surface area contributed by atoms with Crippen LogP contribution in [0.2, 0.25) is 0 Å². The van der Waals surface area contributed by atoms with Crippen molar-refractivity contribution in [2.45, 2.75) is 69.1 Å². The van der Waals surface area contributed by atoms with Crippen molar-refractivity contribution < 1.29 is 39.0 Å². The van der Waals surface area contributed by atoms with Crippen LogP contribution in [-0.4, -0.2) is 86.4 Å². The van der Waals surface area contributed by atoms with Crippen LogP contribution in [0.15, 0.2) is 30.5 Å². The lowest BCUT2D eigenvalue weighted by molar-refractivity contribution is -0.144. The van der Waals surface area contributed by atoms with Crippen molar-refractivity contribution in [1.29, 1.82) is 0 Å². The number of aliphatic carboxylic acids is 2. The lowest BCUT2D eigenvalue weighted by atomic mass is 10.0. The van der Waals surface area contributed by atoms with E-state index in [1.807, 2.05) is 24.3 Å². The highest BCUT2D eigenvalue weighted by molar-refractivity contribution is 5.95. The fourth-order valence-electron chi connectivity index (χ4n) is 4.76. The van der Waals surface area contributed by atoms with E-state index in [2.05, 4.69) is 15.6 Å². The van der Waals surface area contributed by atoms with Gasteiger partial charge in [-0.25, -0.2) is 4.79 Å². The molecule has 14 heteroatoms. The van der Waals surface area contributed by atoms with Gasteiger partial charge in [-0.1, -0.05) is 18.2 Å². The fraction of sp³-hybridized carbons (Fsp3) is 0.462. The largest absolute Gasteiger partial charge is 0.481 e. The van der Waals surface area contributed by atoms with Crippen LogP contribution in [0.4, 0.5) is 0 Å². The van der Waals surface area contributed by atoms with Crippen molar-refractivity contribution in [3.63, 3.8) is 0 Å². The molecule has 216 valence electrons. The van der Waals surface area contributed by atoms with E-state index >= 15 is 0 Å². The molecule has 9 N–H and O–H groups in total. The number of hydrogen-bond acceptors (Lipinski definition) is 7. The summed E-state index contributed by atoms with van der Waals surface area (Å²) in [5.74, 6) is -5.44. The van der Waals surface area contributed by atoms with Crippen LogP contribution in [0.25, 0.3) is 10.9 Å². The van der Waals surface area contributed by atoms with Crippen molar-refractivity contribution in [3.8, 4) is 0 Å². The smallest absolute Gasteiger partial charge is 0.326 e. The van der Waals surface area contributed by atoms with Gasteiger partial charge in [0.1, 0.15) is 18.1 Å². The number of aromatic nitrogens is 1. The second-order valence-corrected chi connectivity index (χ2v) is 9.76. The maximum Gasteiger partial charge on any atom is 0.326 e. The van der Waals surface area contributed by atoms with Crippen molar-refractivity contribution in [3.05, 3.63) is 36.0 Å². The lowest BCUT2D eigenvalue weighted by Crippen LogP contribution is -2.57. The number of fused-ring (bicyclic) bond motifs is 1. The van der Waals surface area contributed by atoms with Gasteiger partial charge in [0.05, 0.1) is 6.04 Å². The molecule has 0 radical (unpaired) electrons. The Hall–Kier alpha value is -4.46. The number of carboxylic acids is 2. The Bertz CT molecular complexity index is 1280. The first kappa shape index (κ1) is 30.1. The maximum absolute atomic E-state index is 13.3. The Kier molecular flexibility index (Phi) is 10.2. The molecule has 1 aliphatic heterocycles. The third kappa shape index (κ3) is 7.79. The summed E-state index contributed by atoms with van der Waals surface area (Å²) >= 11 is 0. The minimum Gasteiger partial charge on any atom is -0.481 e. The van der Waals surface area contributed by atoms with Gasteiger partial charge in [0.2, 0.25) is 23.6 Å². The van der Waals surface area contributed by atoms with Gasteiger partial charge in [0, 0.05) is 36.5 Å². The van der Waals surface area contributed by atoms with E-state index in [1.165, 1.54) is 4.90 Å². The quantitative estimate of drug-likeness (QED) is 0.154. The molecule has 0 spiro atoms. The molecule has 1 aliphatic rings. The molecule has 4 amide bonds.